The number of aryl methyl sites for hydroxylation is 1. The molecular formula is C15H17N5. The molecule has 0 amide bonds. The van der Waals surface area contributed by atoms with Crippen LogP contribution in [0.15, 0.2) is 48.9 Å². The number of hydrogen-bond donors (Lipinski definition) is 2. The van der Waals surface area contributed by atoms with Gasteiger partial charge in [0.15, 0.2) is 0 Å². The van der Waals surface area contributed by atoms with Crippen LogP contribution in [-0.2, 0) is 7.05 Å². The van der Waals surface area contributed by atoms with Crippen LogP contribution in [0.25, 0.3) is 11.3 Å². The van der Waals surface area contributed by atoms with Gasteiger partial charge >= 0.3 is 0 Å². The fraction of sp³-hybridized carbons (Fsp3) is 0.200. The van der Waals surface area contributed by atoms with E-state index in [1.54, 1.807) is 4.68 Å². The van der Waals surface area contributed by atoms with Gasteiger partial charge in [0.05, 0.1) is 24.0 Å². The molecule has 3 rings (SSSR count). The van der Waals surface area contributed by atoms with E-state index in [-0.39, 0.29) is 5.92 Å². The maximum absolute atomic E-state index is 5.91. The summed E-state index contributed by atoms with van der Waals surface area (Å²) in [5.74, 6) is 0.971. The molecule has 3 N–H and O–H groups in total. The first-order valence-electron chi connectivity index (χ1n) is 6.57. The molecule has 20 heavy (non-hydrogen) atoms. The van der Waals surface area contributed by atoms with Gasteiger partial charge in [0.25, 0.3) is 0 Å². The second-order valence-electron chi connectivity index (χ2n) is 4.78. The Morgan fingerprint density at radius 2 is 2.05 bits per heavy atom. The minimum absolute atomic E-state index is 0.0848. The van der Waals surface area contributed by atoms with Crippen molar-refractivity contribution in [3.8, 4) is 11.3 Å². The maximum Gasteiger partial charge on any atom is 0.115 e. The van der Waals surface area contributed by atoms with Crippen molar-refractivity contribution in [3.63, 3.8) is 0 Å². The van der Waals surface area contributed by atoms with Crippen molar-refractivity contribution >= 4 is 0 Å². The highest BCUT2D eigenvalue weighted by atomic mass is 15.2. The van der Waals surface area contributed by atoms with Crippen molar-refractivity contribution in [1.29, 1.82) is 0 Å². The molecule has 1 unspecified atom stereocenters. The molecule has 0 fully saturated rings. The average molecular weight is 267 g/mol. The number of aromatic amines is 1. The topological polar surface area (TPSA) is 72.5 Å². The maximum atomic E-state index is 5.91. The first-order chi connectivity index (χ1) is 9.78. The lowest BCUT2D eigenvalue weighted by Gasteiger charge is -2.12. The Hall–Kier alpha value is -2.40. The number of nitrogens with one attached hydrogen (secondary N) is 1. The lowest BCUT2D eigenvalue weighted by Crippen LogP contribution is -2.15. The molecule has 2 aromatic heterocycles. The minimum atomic E-state index is 0.0848. The van der Waals surface area contributed by atoms with E-state index in [0.29, 0.717) is 6.54 Å². The highest BCUT2D eigenvalue weighted by Gasteiger charge is 2.16. The summed E-state index contributed by atoms with van der Waals surface area (Å²) in [4.78, 5) is 7.82. The molecule has 0 saturated heterocycles. The van der Waals surface area contributed by atoms with Crippen LogP contribution >= 0.6 is 0 Å². The molecule has 2 heterocycles. The Morgan fingerprint density at radius 3 is 2.70 bits per heavy atom. The molecule has 5 nitrogen and oxygen atoms in total. The van der Waals surface area contributed by atoms with Crippen LogP contribution < -0.4 is 5.73 Å². The van der Waals surface area contributed by atoms with Crippen LogP contribution in [-0.4, -0.2) is 26.3 Å². The fourth-order valence-electron chi connectivity index (χ4n) is 2.31. The van der Waals surface area contributed by atoms with Crippen LogP contribution in [0.1, 0.15) is 17.3 Å². The second kappa shape index (κ2) is 5.30. The van der Waals surface area contributed by atoms with Crippen molar-refractivity contribution in [2.45, 2.75) is 5.92 Å². The fourth-order valence-corrected chi connectivity index (χ4v) is 2.31. The van der Waals surface area contributed by atoms with E-state index in [2.05, 4.69) is 27.2 Å². The lowest BCUT2D eigenvalue weighted by atomic mass is 9.99. The smallest absolute Gasteiger partial charge is 0.115 e. The lowest BCUT2D eigenvalue weighted by molar-refractivity contribution is 0.765. The van der Waals surface area contributed by atoms with Crippen molar-refractivity contribution in [1.82, 2.24) is 19.7 Å². The zero-order valence-corrected chi connectivity index (χ0v) is 11.3. The van der Waals surface area contributed by atoms with E-state index < -0.39 is 0 Å². The van der Waals surface area contributed by atoms with E-state index in [9.17, 15) is 0 Å². The van der Waals surface area contributed by atoms with Gasteiger partial charge in [-0.3, -0.25) is 4.68 Å². The normalized spacial score (nSPS) is 12.5. The number of rotatable bonds is 4. The van der Waals surface area contributed by atoms with Crippen LogP contribution in [0.5, 0.6) is 0 Å². The highest BCUT2D eigenvalue weighted by Crippen LogP contribution is 2.24. The van der Waals surface area contributed by atoms with Crippen LogP contribution in [0, 0.1) is 0 Å². The zero-order chi connectivity index (χ0) is 13.9. The molecule has 0 saturated carbocycles. The standard InChI is InChI=1S/C15H17N5/c1-20-10-12(8-18-20)14-9-17-15(19-14)13(7-16)11-5-3-2-4-6-11/h2-6,8-10,13H,7,16H2,1H3,(H,17,19). The number of imidazole rings is 1. The number of nitrogens with zero attached hydrogens (tertiary/aromatic N) is 3. The summed E-state index contributed by atoms with van der Waals surface area (Å²) in [6.07, 6.45) is 5.60. The summed E-state index contributed by atoms with van der Waals surface area (Å²) in [6, 6.07) is 10.2. The summed E-state index contributed by atoms with van der Waals surface area (Å²) >= 11 is 0. The third-order valence-corrected chi connectivity index (χ3v) is 3.38. The summed E-state index contributed by atoms with van der Waals surface area (Å²) in [7, 11) is 1.90. The van der Waals surface area contributed by atoms with E-state index in [1.165, 1.54) is 5.56 Å². The van der Waals surface area contributed by atoms with Gasteiger partial charge in [-0.1, -0.05) is 30.3 Å². The van der Waals surface area contributed by atoms with Crippen molar-refractivity contribution in [3.05, 3.63) is 60.3 Å². The molecule has 0 bridgehead atoms. The molecule has 1 atom stereocenters. The van der Waals surface area contributed by atoms with Crippen molar-refractivity contribution < 1.29 is 0 Å². The van der Waals surface area contributed by atoms with Crippen LogP contribution in [0.4, 0.5) is 0 Å². The zero-order valence-electron chi connectivity index (χ0n) is 11.3. The van der Waals surface area contributed by atoms with Crippen LogP contribution in [0.3, 0.4) is 0 Å². The van der Waals surface area contributed by atoms with E-state index in [0.717, 1.165) is 17.1 Å². The Bertz CT molecular complexity index is 683. The Labute approximate surface area is 117 Å². The van der Waals surface area contributed by atoms with Gasteiger partial charge in [-0.25, -0.2) is 4.98 Å². The number of hydrogen-bond acceptors (Lipinski definition) is 3. The van der Waals surface area contributed by atoms with E-state index in [1.807, 2.05) is 43.8 Å². The van der Waals surface area contributed by atoms with Gasteiger partial charge in [-0.15, -0.1) is 0 Å². The molecule has 0 spiro atoms. The van der Waals surface area contributed by atoms with Gasteiger partial charge in [-0.2, -0.15) is 5.10 Å². The number of aromatic nitrogens is 4. The Morgan fingerprint density at radius 1 is 1.25 bits per heavy atom. The molecule has 102 valence electrons. The number of nitrogens with two attached hydrogens (primary N) is 1. The molecule has 1 aromatic carbocycles. The average Bonchev–Trinajstić information content (AvgIpc) is 3.10. The van der Waals surface area contributed by atoms with Crippen LogP contribution in [0.2, 0.25) is 0 Å². The quantitative estimate of drug-likeness (QED) is 0.758. The van der Waals surface area contributed by atoms with E-state index in [4.69, 9.17) is 5.73 Å². The van der Waals surface area contributed by atoms with Gasteiger partial charge in [-0.05, 0) is 5.56 Å². The molecule has 0 aliphatic rings. The molecule has 0 radical (unpaired) electrons. The van der Waals surface area contributed by atoms with Gasteiger partial charge < -0.3 is 10.7 Å². The summed E-state index contributed by atoms with van der Waals surface area (Å²) < 4.78 is 1.77. The SMILES string of the molecule is Cn1cc(-c2cnc(C(CN)c3ccccc3)[nH]2)cn1. The third kappa shape index (κ3) is 2.35. The monoisotopic (exact) mass is 267 g/mol. The molecular weight excluding hydrogens is 250 g/mol. The molecule has 5 heteroatoms. The highest BCUT2D eigenvalue weighted by molar-refractivity contribution is 5.56. The van der Waals surface area contributed by atoms with Crippen molar-refractivity contribution in [2.24, 2.45) is 12.8 Å². The number of H-pyrrole nitrogens is 1. The van der Waals surface area contributed by atoms with E-state index >= 15 is 0 Å². The van der Waals surface area contributed by atoms with Gasteiger partial charge in [0, 0.05) is 25.4 Å². The summed E-state index contributed by atoms with van der Waals surface area (Å²) in [5.41, 5.74) is 9.06. The van der Waals surface area contributed by atoms with Gasteiger partial charge in [0.1, 0.15) is 5.82 Å². The van der Waals surface area contributed by atoms with Crippen molar-refractivity contribution in [2.75, 3.05) is 6.54 Å². The summed E-state index contributed by atoms with van der Waals surface area (Å²) in [5, 5.41) is 4.17. The Balaban J connectivity index is 1.92. The first kappa shape index (κ1) is 12.6. The Kier molecular flexibility index (Phi) is 3.35. The van der Waals surface area contributed by atoms with Gasteiger partial charge in [0.2, 0.25) is 0 Å². The second-order valence-corrected chi connectivity index (χ2v) is 4.78. The predicted molar refractivity (Wildman–Crippen MR) is 78.1 cm³/mol. The largest absolute Gasteiger partial charge is 0.341 e. The third-order valence-electron chi connectivity index (χ3n) is 3.38. The molecule has 3 aromatic rings. The molecule has 0 aliphatic carbocycles. The molecule has 0 aliphatic heterocycles. The first-order valence-corrected chi connectivity index (χ1v) is 6.57. The minimum Gasteiger partial charge on any atom is -0.341 e. The summed E-state index contributed by atoms with van der Waals surface area (Å²) in [6.45, 7) is 0.518. The number of benzene rings is 1. The predicted octanol–water partition coefficient (Wildman–Crippen LogP) is 1.90.